The predicted molar refractivity (Wildman–Crippen MR) is 105 cm³/mol. The molecule has 26 heavy (non-hydrogen) atoms. The SMILES string of the molecule is CCCC(C)(C)NC(=O)c1cccc(S(=O)(=O)N(C)c2ccccc2)c1. The van der Waals surface area contributed by atoms with Crippen molar-refractivity contribution in [2.45, 2.75) is 44.0 Å². The molecule has 0 aliphatic carbocycles. The summed E-state index contributed by atoms with van der Waals surface area (Å²) >= 11 is 0. The fourth-order valence-corrected chi connectivity index (χ4v) is 4.04. The third-order valence-corrected chi connectivity index (χ3v) is 5.98. The minimum Gasteiger partial charge on any atom is -0.347 e. The number of nitrogens with one attached hydrogen (secondary N) is 1. The molecule has 0 heterocycles. The Morgan fingerprint density at radius 1 is 1.08 bits per heavy atom. The first kappa shape index (κ1) is 20.0. The van der Waals surface area contributed by atoms with Crippen LogP contribution in [0.4, 0.5) is 5.69 Å². The number of amides is 1. The Morgan fingerprint density at radius 2 is 1.73 bits per heavy atom. The van der Waals surface area contributed by atoms with E-state index in [-0.39, 0.29) is 16.3 Å². The maximum absolute atomic E-state index is 12.9. The molecule has 0 saturated carbocycles. The molecule has 140 valence electrons. The highest BCUT2D eigenvalue weighted by molar-refractivity contribution is 7.92. The zero-order chi connectivity index (χ0) is 19.4. The van der Waals surface area contributed by atoms with Crippen molar-refractivity contribution in [3.63, 3.8) is 0 Å². The largest absolute Gasteiger partial charge is 0.347 e. The minimum absolute atomic E-state index is 0.0878. The van der Waals surface area contributed by atoms with Gasteiger partial charge >= 0.3 is 0 Å². The monoisotopic (exact) mass is 374 g/mol. The van der Waals surface area contributed by atoms with Crippen LogP contribution in [-0.2, 0) is 10.0 Å². The van der Waals surface area contributed by atoms with E-state index in [0.717, 1.165) is 12.8 Å². The number of carbonyl (C=O) groups excluding carboxylic acids is 1. The van der Waals surface area contributed by atoms with Crippen LogP contribution in [0.2, 0.25) is 0 Å². The van der Waals surface area contributed by atoms with Gasteiger partial charge in [-0.2, -0.15) is 0 Å². The van der Waals surface area contributed by atoms with E-state index in [0.29, 0.717) is 11.3 Å². The second-order valence-corrected chi connectivity index (χ2v) is 8.89. The third-order valence-electron chi connectivity index (χ3n) is 4.20. The number of carbonyl (C=O) groups is 1. The number of anilines is 1. The van der Waals surface area contributed by atoms with Gasteiger partial charge in [-0.15, -0.1) is 0 Å². The number of rotatable bonds is 7. The second kappa shape index (κ2) is 7.91. The van der Waals surface area contributed by atoms with Crippen molar-refractivity contribution in [2.24, 2.45) is 0 Å². The summed E-state index contributed by atoms with van der Waals surface area (Å²) in [5.41, 5.74) is 0.546. The molecule has 2 aromatic carbocycles. The highest BCUT2D eigenvalue weighted by Crippen LogP contribution is 2.22. The Bertz CT molecular complexity index is 862. The number of hydrogen-bond acceptors (Lipinski definition) is 3. The van der Waals surface area contributed by atoms with Gasteiger partial charge < -0.3 is 5.32 Å². The smallest absolute Gasteiger partial charge is 0.264 e. The molecular weight excluding hydrogens is 348 g/mol. The summed E-state index contributed by atoms with van der Waals surface area (Å²) in [5.74, 6) is -0.275. The summed E-state index contributed by atoms with van der Waals surface area (Å²) in [6, 6.07) is 15.0. The second-order valence-electron chi connectivity index (χ2n) is 6.92. The summed E-state index contributed by atoms with van der Waals surface area (Å²) < 4.78 is 27.0. The van der Waals surface area contributed by atoms with Crippen molar-refractivity contribution in [1.82, 2.24) is 5.32 Å². The van der Waals surface area contributed by atoms with Crippen molar-refractivity contribution >= 4 is 21.6 Å². The van der Waals surface area contributed by atoms with E-state index in [4.69, 9.17) is 0 Å². The van der Waals surface area contributed by atoms with E-state index in [1.165, 1.54) is 23.5 Å². The zero-order valence-electron chi connectivity index (χ0n) is 15.7. The van der Waals surface area contributed by atoms with Crippen molar-refractivity contribution in [1.29, 1.82) is 0 Å². The van der Waals surface area contributed by atoms with Crippen molar-refractivity contribution in [2.75, 3.05) is 11.4 Å². The number of sulfonamides is 1. The average Bonchev–Trinajstić information content (AvgIpc) is 2.61. The number of para-hydroxylation sites is 1. The molecule has 1 amide bonds. The number of nitrogens with zero attached hydrogens (tertiary/aromatic N) is 1. The van der Waals surface area contributed by atoms with E-state index in [2.05, 4.69) is 12.2 Å². The summed E-state index contributed by atoms with van der Waals surface area (Å²) in [7, 11) is -2.25. The van der Waals surface area contributed by atoms with E-state index in [1.807, 2.05) is 19.9 Å². The van der Waals surface area contributed by atoms with Crippen molar-refractivity contribution < 1.29 is 13.2 Å². The maximum atomic E-state index is 12.9. The highest BCUT2D eigenvalue weighted by Gasteiger charge is 2.24. The van der Waals surface area contributed by atoms with Gasteiger partial charge in [0.25, 0.3) is 15.9 Å². The van der Waals surface area contributed by atoms with E-state index in [1.54, 1.807) is 36.4 Å². The first-order valence-corrected chi connectivity index (χ1v) is 10.1. The number of benzene rings is 2. The van der Waals surface area contributed by atoms with Gasteiger partial charge in [-0.3, -0.25) is 9.10 Å². The Balaban J connectivity index is 2.29. The molecule has 0 bridgehead atoms. The minimum atomic E-state index is -3.75. The van der Waals surface area contributed by atoms with Gasteiger partial charge in [-0.1, -0.05) is 37.6 Å². The molecule has 5 nitrogen and oxygen atoms in total. The molecule has 2 aromatic rings. The van der Waals surface area contributed by atoms with E-state index in [9.17, 15) is 13.2 Å². The van der Waals surface area contributed by atoms with E-state index < -0.39 is 10.0 Å². The van der Waals surface area contributed by atoms with Gasteiger partial charge in [0.05, 0.1) is 10.6 Å². The lowest BCUT2D eigenvalue weighted by Gasteiger charge is -2.26. The average molecular weight is 375 g/mol. The Kier molecular flexibility index (Phi) is 6.08. The fourth-order valence-electron chi connectivity index (χ4n) is 2.80. The van der Waals surface area contributed by atoms with Gasteiger partial charge in [0.15, 0.2) is 0 Å². The summed E-state index contributed by atoms with van der Waals surface area (Å²) in [6.45, 7) is 5.97. The van der Waals surface area contributed by atoms with Crippen molar-refractivity contribution in [3.05, 3.63) is 60.2 Å². The third kappa shape index (κ3) is 4.64. The molecule has 0 fully saturated rings. The zero-order valence-corrected chi connectivity index (χ0v) is 16.5. The van der Waals surface area contributed by atoms with Gasteiger partial charge in [-0.05, 0) is 50.6 Å². The van der Waals surface area contributed by atoms with Crippen molar-refractivity contribution in [3.8, 4) is 0 Å². The summed E-state index contributed by atoms with van der Waals surface area (Å²) in [6.07, 6.45) is 1.79. The van der Waals surface area contributed by atoms with Crippen LogP contribution in [0.5, 0.6) is 0 Å². The first-order chi connectivity index (χ1) is 12.2. The van der Waals surface area contributed by atoms with Crippen LogP contribution < -0.4 is 9.62 Å². The van der Waals surface area contributed by atoms with Gasteiger partial charge in [0.1, 0.15) is 0 Å². The molecule has 6 heteroatoms. The van der Waals surface area contributed by atoms with Crippen LogP contribution >= 0.6 is 0 Å². The fraction of sp³-hybridized carbons (Fsp3) is 0.350. The Hall–Kier alpha value is -2.34. The molecule has 0 radical (unpaired) electrons. The maximum Gasteiger partial charge on any atom is 0.264 e. The summed E-state index contributed by atoms with van der Waals surface area (Å²) in [4.78, 5) is 12.6. The van der Waals surface area contributed by atoms with Gasteiger partial charge in [-0.25, -0.2) is 8.42 Å². The predicted octanol–water partition coefficient (Wildman–Crippen LogP) is 3.82. The quantitative estimate of drug-likeness (QED) is 0.801. The lowest BCUT2D eigenvalue weighted by atomic mass is 9.98. The van der Waals surface area contributed by atoms with Gasteiger partial charge in [0.2, 0.25) is 0 Å². The van der Waals surface area contributed by atoms with Gasteiger partial charge in [0, 0.05) is 18.2 Å². The molecule has 2 rings (SSSR count). The molecule has 0 saturated heterocycles. The molecule has 0 aliphatic rings. The standard InChI is InChI=1S/C20H26N2O3S/c1-5-14-20(2,3)21-19(23)16-10-9-13-18(15-16)26(24,25)22(4)17-11-7-6-8-12-17/h6-13,15H,5,14H2,1-4H3,(H,21,23). The lowest BCUT2D eigenvalue weighted by Crippen LogP contribution is -2.43. The summed E-state index contributed by atoms with van der Waals surface area (Å²) in [5, 5.41) is 2.97. The van der Waals surface area contributed by atoms with Crippen LogP contribution in [0, 0.1) is 0 Å². The molecular formula is C20H26N2O3S. The molecule has 0 atom stereocenters. The van der Waals surface area contributed by atoms with Crippen LogP contribution in [0.25, 0.3) is 0 Å². The van der Waals surface area contributed by atoms with Crippen LogP contribution in [0.3, 0.4) is 0 Å². The topological polar surface area (TPSA) is 66.5 Å². The molecule has 1 N–H and O–H groups in total. The van der Waals surface area contributed by atoms with Crippen LogP contribution in [0.1, 0.15) is 44.0 Å². The highest BCUT2D eigenvalue weighted by atomic mass is 32.2. The molecule has 0 unspecified atom stereocenters. The molecule has 0 spiro atoms. The normalized spacial score (nSPS) is 11.8. The Labute approximate surface area is 156 Å². The first-order valence-electron chi connectivity index (χ1n) is 8.64. The van der Waals surface area contributed by atoms with E-state index >= 15 is 0 Å². The lowest BCUT2D eigenvalue weighted by molar-refractivity contribution is 0.0909. The molecule has 0 aromatic heterocycles. The van der Waals surface area contributed by atoms with Crippen LogP contribution in [-0.4, -0.2) is 26.9 Å². The number of hydrogen-bond donors (Lipinski definition) is 1. The van der Waals surface area contributed by atoms with Crippen LogP contribution in [0.15, 0.2) is 59.5 Å². The Morgan fingerprint density at radius 3 is 2.35 bits per heavy atom. The molecule has 0 aliphatic heterocycles.